The van der Waals surface area contributed by atoms with Crippen molar-refractivity contribution in [2.75, 3.05) is 5.73 Å². The molecule has 0 saturated heterocycles. The molecular weight excluding hydrogens is 294 g/mol. The summed E-state index contributed by atoms with van der Waals surface area (Å²) in [5.74, 6) is 0. The van der Waals surface area contributed by atoms with Gasteiger partial charge in [0.2, 0.25) is 0 Å². The lowest BCUT2D eigenvalue weighted by Gasteiger charge is -2.11. The lowest BCUT2D eigenvalue weighted by Crippen LogP contribution is -2.41. The maximum atomic E-state index is 12.3. The molecule has 0 atom stereocenters. The van der Waals surface area contributed by atoms with E-state index in [1.807, 2.05) is 13.8 Å². The maximum absolute atomic E-state index is 12.3. The standard InChI is InChI=1S/C13H18ClN5O2/c1-4-17-6-9(15)12(20)18(13(17)21)7-10-11(14)8(3)16-19(10)5-2/h6H,4-5,7,15H2,1-3H3. The highest BCUT2D eigenvalue weighted by Gasteiger charge is 2.16. The molecule has 2 N–H and O–H groups in total. The van der Waals surface area contributed by atoms with Crippen LogP contribution in [0.4, 0.5) is 5.69 Å². The highest BCUT2D eigenvalue weighted by atomic mass is 35.5. The molecule has 7 nitrogen and oxygen atoms in total. The molecule has 0 spiro atoms. The summed E-state index contributed by atoms with van der Waals surface area (Å²) in [6.07, 6.45) is 1.37. The fraction of sp³-hybridized carbons (Fsp3) is 0.462. The Morgan fingerprint density at radius 1 is 1.29 bits per heavy atom. The second-order valence-corrected chi connectivity index (χ2v) is 5.08. The van der Waals surface area contributed by atoms with Gasteiger partial charge in [0.25, 0.3) is 5.56 Å². The van der Waals surface area contributed by atoms with Crippen molar-refractivity contribution < 1.29 is 0 Å². The van der Waals surface area contributed by atoms with E-state index >= 15 is 0 Å². The van der Waals surface area contributed by atoms with Crippen LogP contribution in [-0.4, -0.2) is 18.9 Å². The fourth-order valence-corrected chi connectivity index (χ4v) is 2.41. The summed E-state index contributed by atoms with van der Waals surface area (Å²) < 4.78 is 4.17. The first kappa shape index (κ1) is 15.4. The maximum Gasteiger partial charge on any atom is 0.331 e. The molecule has 21 heavy (non-hydrogen) atoms. The topological polar surface area (TPSA) is 87.8 Å². The minimum Gasteiger partial charge on any atom is -0.393 e. The third kappa shape index (κ3) is 2.61. The van der Waals surface area contributed by atoms with Gasteiger partial charge in [-0.3, -0.25) is 18.6 Å². The van der Waals surface area contributed by atoms with Crippen LogP contribution in [0.15, 0.2) is 15.8 Å². The smallest absolute Gasteiger partial charge is 0.331 e. The molecule has 0 fully saturated rings. The van der Waals surface area contributed by atoms with Gasteiger partial charge in [0.1, 0.15) is 5.69 Å². The van der Waals surface area contributed by atoms with Gasteiger partial charge in [-0.1, -0.05) is 11.6 Å². The van der Waals surface area contributed by atoms with Crippen molar-refractivity contribution in [2.24, 2.45) is 0 Å². The first-order chi connectivity index (χ1) is 9.90. The van der Waals surface area contributed by atoms with Gasteiger partial charge < -0.3 is 5.73 Å². The van der Waals surface area contributed by atoms with Crippen LogP contribution < -0.4 is 17.0 Å². The van der Waals surface area contributed by atoms with E-state index in [4.69, 9.17) is 17.3 Å². The predicted octanol–water partition coefficient (Wildman–Crippen LogP) is 0.839. The van der Waals surface area contributed by atoms with E-state index < -0.39 is 11.2 Å². The molecule has 2 aromatic heterocycles. The van der Waals surface area contributed by atoms with E-state index in [9.17, 15) is 9.59 Å². The minimum atomic E-state index is -0.512. The molecule has 0 bridgehead atoms. The van der Waals surface area contributed by atoms with Crippen LogP contribution in [0.1, 0.15) is 25.2 Å². The lowest BCUT2D eigenvalue weighted by molar-refractivity contribution is 0.556. The molecule has 8 heteroatoms. The van der Waals surface area contributed by atoms with E-state index in [-0.39, 0.29) is 12.2 Å². The number of rotatable bonds is 4. The predicted molar refractivity (Wildman–Crippen MR) is 81.8 cm³/mol. The summed E-state index contributed by atoms with van der Waals surface area (Å²) in [5.41, 5.74) is 6.10. The van der Waals surface area contributed by atoms with Crippen molar-refractivity contribution in [3.8, 4) is 0 Å². The van der Waals surface area contributed by atoms with Crippen LogP contribution in [0.5, 0.6) is 0 Å². The number of halogens is 1. The summed E-state index contributed by atoms with van der Waals surface area (Å²) in [4.78, 5) is 24.4. The Kier molecular flexibility index (Phi) is 4.22. The number of nitrogens with zero attached hydrogens (tertiary/aromatic N) is 4. The zero-order valence-corrected chi connectivity index (χ0v) is 13.0. The van der Waals surface area contributed by atoms with Crippen molar-refractivity contribution in [3.63, 3.8) is 0 Å². The van der Waals surface area contributed by atoms with Crippen LogP contribution in [-0.2, 0) is 19.6 Å². The number of nitrogen functional groups attached to an aromatic ring is 1. The van der Waals surface area contributed by atoms with E-state index in [0.717, 1.165) is 4.57 Å². The third-order valence-corrected chi connectivity index (χ3v) is 3.86. The van der Waals surface area contributed by atoms with Crippen LogP contribution >= 0.6 is 11.6 Å². The minimum absolute atomic E-state index is 0.0341. The van der Waals surface area contributed by atoms with Crippen molar-refractivity contribution in [1.29, 1.82) is 0 Å². The SMILES string of the molecule is CCn1nc(C)c(Cl)c1Cn1c(=O)c(N)cn(CC)c1=O. The summed E-state index contributed by atoms with van der Waals surface area (Å²) >= 11 is 6.22. The molecular formula is C13H18ClN5O2. The summed E-state index contributed by atoms with van der Waals surface area (Å²) in [7, 11) is 0. The largest absolute Gasteiger partial charge is 0.393 e. The monoisotopic (exact) mass is 311 g/mol. The highest BCUT2D eigenvalue weighted by Crippen LogP contribution is 2.20. The van der Waals surface area contributed by atoms with Crippen molar-refractivity contribution in [3.05, 3.63) is 43.4 Å². The Labute approximate surface area is 126 Å². The van der Waals surface area contributed by atoms with Gasteiger partial charge in [-0.05, 0) is 20.8 Å². The van der Waals surface area contributed by atoms with Crippen LogP contribution in [0.25, 0.3) is 0 Å². The van der Waals surface area contributed by atoms with Crippen molar-refractivity contribution in [1.82, 2.24) is 18.9 Å². The molecule has 0 saturated carbocycles. The Hall–Kier alpha value is -2.02. The summed E-state index contributed by atoms with van der Waals surface area (Å²) in [5, 5.41) is 4.74. The van der Waals surface area contributed by atoms with E-state index in [1.54, 1.807) is 11.6 Å². The fourth-order valence-electron chi connectivity index (χ4n) is 2.21. The number of hydrogen-bond acceptors (Lipinski definition) is 4. The molecule has 0 aliphatic rings. The van der Waals surface area contributed by atoms with Crippen molar-refractivity contribution >= 4 is 17.3 Å². The summed E-state index contributed by atoms with van der Waals surface area (Å²) in [6.45, 7) is 6.59. The molecule has 0 aliphatic heterocycles. The molecule has 0 unspecified atom stereocenters. The Morgan fingerprint density at radius 3 is 2.52 bits per heavy atom. The van der Waals surface area contributed by atoms with Gasteiger partial charge in [0.05, 0.1) is 23.0 Å². The Balaban J connectivity index is 2.63. The first-order valence-electron chi connectivity index (χ1n) is 6.72. The number of aryl methyl sites for hydroxylation is 3. The van der Waals surface area contributed by atoms with Crippen LogP contribution in [0.3, 0.4) is 0 Å². The number of anilines is 1. The van der Waals surface area contributed by atoms with Gasteiger partial charge in [0.15, 0.2) is 0 Å². The Bertz CT molecular complexity index is 787. The zero-order chi connectivity index (χ0) is 15.7. The second kappa shape index (κ2) is 5.77. The van der Waals surface area contributed by atoms with Gasteiger partial charge in [-0.15, -0.1) is 0 Å². The molecule has 2 aromatic rings. The first-order valence-corrected chi connectivity index (χ1v) is 7.10. The molecule has 2 rings (SSSR count). The molecule has 0 aromatic carbocycles. The van der Waals surface area contributed by atoms with Crippen LogP contribution in [0, 0.1) is 6.92 Å². The van der Waals surface area contributed by atoms with Gasteiger partial charge >= 0.3 is 5.69 Å². The van der Waals surface area contributed by atoms with Crippen molar-refractivity contribution in [2.45, 2.75) is 40.4 Å². The average Bonchev–Trinajstić information content (AvgIpc) is 2.74. The number of nitrogens with two attached hydrogens (primary N) is 1. The highest BCUT2D eigenvalue weighted by molar-refractivity contribution is 6.31. The number of aromatic nitrogens is 4. The molecule has 0 aliphatic carbocycles. The van der Waals surface area contributed by atoms with E-state index in [2.05, 4.69) is 5.10 Å². The van der Waals surface area contributed by atoms with Gasteiger partial charge in [0, 0.05) is 19.3 Å². The van der Waals surface area contributed by atoms with Gasteiger partial charge in [-0.25, -0.2) is 4.79 Å². The van der Waals surface area contributed by atoms with E-state index in [1.165, 1.54) is 10.8 Å². The zero-order valence-electron chi connectivity index (χ0n) is 12.3. The van der Waals surface area contributed by atoms with Gasteiger partial charge in [-0.2, -0.15) is 5.10 Å². The van der Waals surface area contributed by atoms with E-state index in [0.29, 0.717) is 29.5 Å². The quantitative estimate of drug-likeness (QED) is 0.906. The lowest BCUT2D eigenvalue weighted by atomic mass is 10.3. The normalized spacial score (nSPS) is 11.0. The average molecular weight is 312 g/mol. The molecule has 0 radical (unpaired) electrons. The number of hydrogen-bond donors (Lipinski definition) is 1. The van der Waals surface area contributed by atoms with Crippen LogP contribution in [0.2, 0.25) is 5.02 Å². The summed E-state index contributed by atoms with van der Waals surface area (Å²) in [6, 6.07) is 0. The molecule has 2 heterocycles. The Morgan fingerprint density at radius 2 is 1.95 bits per heavy atom. The second-order valence-electron chi connectivity index (χ2n) is 4.71. The molecule has 0 amide bonds. The third-order valence-electron chi connectivity index (χ3n) is 3.37. The molecule has 114 valence electrons.